The molecule has 33 heteroatoms. The first-order valence-corrected chi connectivity index (χ1v) is 24.5. The van der Waals surface area contributed by atoms with Crippen molar-refractivity contribution in [2.45, 2.75) is 102 Å². The lowest BCUT2D eigenvalue weighted by Crippen LogP contribution is -2.42. The van der Waals surface area contributed by atoms with E-state index in [0.29, 0.717) is 27.6 Å². The number of nitrogens with one attached hydrogen (secondary N) is 2. The molecular formula is C44H54N13O19P. The summed E-state index contributed by atoms with van der Waals surface area (Å²) in [5, 5.41) is 97.7. The van der Waals surface area contributed by atoms with Gasteiger partial charge in [0.1, 0.15) is 66.8 Å². The number of fused-ring (bicyclic) bond motifs is 5. The van der Waals surface area contributed by atoms with Gasteiger partial charge >= 0.3 is 19.2 Å². The van der Waals surface area contributed by atoms with E-state index in [1.165, 1.54) is 26.4 Å². The van der Waals surface area contributed by atoms with E-state index in [-0.39, 0.29) is 47.6 Å². The van der Waals surface area contributed by atoms with E-state index in [1.807, 2.05) is 27.7 Å². The average Bonchev–Trinajstić information content (AvgIpc) is 3.94. The number of hydrogen-bond donors (Lipinski definition) is 15. The molecule has 2 aromatic carbocycles. The number of nitrogen functional groups attached to an aromatic ring is 1. The number of ether oxygens (including phenoxy) is 1. The van der Waals surface area contributed by atoms with Crippen molar-refractivity contribution in [3.05, 3.63) is 101 Å². The van der Waals surface area contributed by atoms with Crippen LogP contribution in [0.25, 0.3) is 56.3 Å². The number of nitrogens with two attached hydrogens (primary N) is 1. The van der Waals surface area contributed by atoms with Crippen molar-refractivity contribution in [1.82, 2.24) is 58.6 Å². The molecule has 77 heavy (non-hydrogen) atoms. The molecule has 10 atom stereocenters. The van der Waals surface area contributed by atoms with Crippen LogP contribution in [0.4, 0.5) is 5.82 Å². The molecule has 0 bridgehead atoms. The quantitative estimate of drug-likeness (QED) is 0.0357. The third-order valence-corrected chi connectivity index (χ3v) is 13.0. The van der Waals surface area contributed by atoms with Gasteiger partial charge in [-0.1, -0.05) is 0 Å². The van der Waals surface area contributed by atoms with Crippen LogP contribution in [0.3, 0.4) is 0 Å². The van der Waals surface area contributed by atoms with Gasteiger partial charge in [-0.05, 0) is 74.2 Å². The highest BCUT2D eigenvalue weighted by Crippen LogP contribution is 2.39. The Bertz CT molecular complexity index is 3490. The normalized spacial score (nSPS) is 19.2. The molecule has 4 aromatic rings. The fraction of sp³-hybridized carbons (Fsp3) is 0.432. The van der Waals surface area contributed by atoms with Crippen molar-refractivity contribution < 1.29 is 74.7 Å². The molecule has 0 saturated carbocycles. The maximum atomic E-state index is 12.2. The van der Waals surface area contributed by atoms with Gasteiger partial charge in [0, 0.05) is 0 Å². The number of benzene rings is 2. The molecule has 1 fully saturated rings. The predicted octanol–water partition coefficient (Wildman–Crippen LogP) is -5.31. The fourth-order valence-electron chi connectivity index (χ4n) is 8.11. The maximum Gasteiger partial charge on any atom is 0.469 e. The number of phosphoric ester groups is 1. The fourth-order valence-corrected chi connectivity index (χ4v) is 8.45. The number of anilines is 1. The van der Waals surface area contributed by atoms with Crippen molar-refractivity contribution in [2.75, 3.05) is 25.6 Å². The van der Waals surface area contributed by atoms with Crippen LogP contribution in [0, 0.1) is 27.7 Å². The van der Waals surface area contributed by atoms with Crippen molar-refractivity contribution >= 4 is 46.9 Å². The Morgan fingerprint density at radius 2 is 1.13 bits per heavy atom. The molecule has 2 aromatic heterocycles. The highest BCUT2D eigenvalue weighted by atomic mass is 31.2. The van der Waals surface area contributed by atoms with Crippen LogP contribution in [0.5, 0.6) is 0 Å². The lowest BCUT2D eigenvalue weighted by atomic mass is 10.1. The van der Waals surface area contributed by atoms with Crippen LogP contribution >= 0.6 is 7.82 Å². The number of imidazole rings is 1. The SMILES string of the molecule is Cc1cc2nc3c(=O)[nH]c(=O)nc-3n(C[C@H](O)[C@H](O)[C@H](O)CO)c2cc1C.Cc1cc2nc3c(=O)[nH]c(=O)nc-3n(C[C@H](O)[C@H](O)[C@H](O)CO)c2cc1C.Nc1ncnc2c1ncn2[C@@H]1O[C@H](COP(=O)(O)O)[C@@H](O)[C@H]1O. The molecule has 5 aliphatic heterocycles. The Kier molecular flexibility index (Phi) is 17.5. The molecule has 7 heterocycles. The number of aliphatic hydroxyl groups is 10. The number of H-pyrrole nitrogens is 2. The molecule has 5 aliphatic rings. The molecule has 1 saturated heterocycles. The minimum Gasteiger partial charge on any atom is -0.394 e. The Hall–Kier alpha value is -6.98. The summed E-state index contributed by atoms with van der Waals surface area (Å²) in [6.07, 6.45) is -11.9. The largest absolute Gasteiger partial charge is 0.469 e. The van der Waals surface area contributed by atoms with Gasteiger partial charge in [-0.2, -0.15) is 9.97 Å². The highest BCUT2D eigenvalue weighted by molar-refractivity contribution is 7.46. The van der Waals surface area contributed by atoms with Crippen molar-refractivity contribution in [3.8, 4) is 23.0 Å². The molecule has 9 rings (SSSR count). The molecular weight excluding hydrogens is 1050 g/mol. The van der Waals surface area contributed by atoms with Crippen LogP contribution < -0.4 is 28.2 Å². The van der Waals surface area contributed by atoms with E-state index in [9.17, 15) is 64.6 Å². The van der Waals surface area contributed by atoms with Gasteiger partial charge in [0.15, 0.2) is 40.7 Å². The van der Waals surface area contributed by atoms with Crippen LogP contribution in [0.1, 0.15) is 28.5 Å². The van der Waals surface area contributed by atoms with Crippen molar-refractivity contribution in [3.63, 3.8) is 0 Å². The van der Waals surface area contributed by atoms with E-state index >= 15 is 0 Å². The molecule has 0 aliphatic carbocycles. The van der Waals surface area contributed by atoms with Gasteiger partial charge in [0.2, 0.25) is 0 Å². The number of rotatable bonds is 14. The van der Waals surface area contributed by atoms with Gasteiger partial charge < -0.3 is 80.5 Å². The third kappa shape index (κ3) is 12.4. The number of aromatic nitrogens is 12. The zero-order valence-electron chi connectivity index (χ0n) is 41.0. The first kappa shape index (κ1) is 57.7. The number of aromatic amines is 2. The molecule has 32 nitrogen and oxygen atoms in total. The number of hydrogen-bond acceptors (Lipinski definition) is 25. The summed E-state index contributed by atoms with van der Waals surface area (Å²) in [6, 6.07) is 7.06. The zero-order chi connectivity index (χ0) is 56.5. The van der Waals surface area contributed by atoms with E-state index in [0.717, 1.165) is 22.3 Å². The van der Waals surface area contributed by atoms with Crippen molar-refractivity contribution in [1.29, 1.82) is 0 Å². The molecule has 16 N–H and O–H groups in total. The van der Waals surface area contributed by atoms with E-state index in [2.05, 4.69) is 49.4 Å². The molecule has 0 amide bonds. The average molecular weight is 1100 g/mol. The second kappa shape index (κ2) is 23.3. The number of aliphatic hydroxyl groups excluding tert-OH is 10. The monoisotopic (exact) mass is 1100 g/mol. The number of phosphoric acid groups is 1. The molecule has 0 unspecified atom stereocenters. The van der Waals surface area contributed by atoms with Gasteiger partial charge in [0.05, 0.1) is 61.3 Å². The van der Waals surface area contributed by atoms with Gasteiger partial charge in [-0.3, -0.25) is 28.6 Å². The number of aryl methyl sites for hydroxylation is 4. The maximum absolute atomic E-state index is 12.2. The predicted molar refractivity (Wildman–Crippen MR) is 265 cm³/mol. The molecule has 414 valence electrons. The summed E-state index contributed by atoms with van der Waals surface area (Å²) in [5.41, 5.74) is 8.47. The highest BCUT2D eigenvalue weighted by Gasteiger charge is 2.45. The van der Waals surface area contributed by atoms with E-state index in [1.54, 1.807) is 24.3 Å². The van der Waals surface area contributed by atoms with Crippen molar-refractivity contribution in [2.24, 2.45) is 0 Å². The molecule has 0 radical (unpaired) electrons. The summed E-state index contributed by atoms with van der Waals surface area (Å²) >= 11 is 0. The zero-order valence-corrected chi connectivity index (χ0v) is 41.9. The summed E-state index contributed by atoms with van der Waals surface area (Å²) in [5.74, 6) is 0.0386. The summed E-state index contributed by atoms with van der Waals surface area (Å²) in [6.45, 7) is 4.86. The van der Waals surface area contributed by atoms with Crippen LogP contribution in [0.2, 0.25) is 0 Å². The topological polar surface area (TPSA) is 509 Å². The first-order valence-electron chi connectivity index (χ1n) is 23.0. The van der Waals surface area contributed by atoms with E-state index in [4.69, 9.17) is 30.5 Å². The Morgan fingerprint density at radius 1 is 0.675 bits per heavy atom. The second-order valence-corrected chi connectivity index (χ2v) is 19.2. The van der Waals surface area contributed by atoms with Gasteiger partial charge in [0.25, 0.3) is 11.1 Å². The second-order valence-electron chi connectivity index (χ2n) is 17.9. The lowest BCUT2D eigenvalue weighted by molar-refractivity contribution is -0.0802. The van der Waals surface area contributed by atoms with Gasteiger partial charge in [-0.15, -0.1) is 0 Å². The summed E-state index contributed by atoms with van der Waals surface area (Å²) in [7, 11) is -4.72. The first-order chi connectivity index (χ1) is 36.2. The van der Waals surface area contributed by atoms with E-state index < -0.39 is 111 Å². The van der Waals surface area contributed by atoms with Crippen LogP contribution in [0.15, 0.2) is 56.1 Å². The standard InChI is InChI=1S/2C17H20N4O6.C10H14N5O7P/c2*1-7-3-9-10(4-8(7)2)21(5-11(23)14(25)12(24)6-22)15-13(18-9)16(26)20-17(27)19-15;11-8-5-9(13-2-12-8)15(3-14-5)10-7(17)6(16)4(22-10)1-21-23(18,19)20/h2*3-4,11-12,14,22-25H,5-6H2,1-2H3,(H,20,26,27);2-4,6-7,10,16-17H,1H2,(H2,11,12,13)(H2,18,19,20)/t2*11-,12+,14-;4-,6-,7-,10-/m001/s1. The lowest BCUT2D eigenvalue weighted by Gasteiger charge is -2.25. The Labute approximate surface area is 430 Å². The number of nitrogens with zero attached hydrogens (tertiary/aromatic N) is 10. The minimum absolute atomic E-state index is 0.0516. The smallest absolute Gasteiger partial charge is 0.394 e. The van der Waals surface area contributed by atoms with Crippen LogP contribution in [-0.2, 0) is 26.9 Å². The summed E-state index contributed by atoms with van der Waals surface area (Å²) in [4.78, 5) is 97.2. The Morgan fingerprint density at radius 3 is 1.57 bits per heavy atom. The minimum atomic E-state index is -4.72. The third-order valence-electron chi connectivity index (χ3n) is 12.5. The van der Waals surface area contributed by atoms with Crippen LogP contribution in [-0.4, -0.2) is 194 Å². The summed E-state index contributed by atoms with van der Waals surface area (Å²) < 4.78 is 24.6. The Balaban J connectivity index is 0.000000168. The van der Waals surface area contributed by atoms with Gasteiger partial charge in [-0.25, -0.2) is 39.1 Å². The molecule has 0 spiro atoms.